The number of aromatic nitrogens is 4. The number of phenolic OH excluding ortho intramolecular Hbond substituents is 1. The van der Waals surface area contributed by atoms with Gasteiger partial charge >= 0.3 is 0 Å². The highest BCUT2D eigenvalue weighted by molar-refractivity contribution is 5.60. The second-order valence-corrected chi connectivity index (χ2v) is 6.86. The molecule has 8 heteroatoms. The zero-order valence-corrected chi connectivity index (χ0v) is 17.0. The number of phenols is 1. The molecule has 0 saturated carbocycles. The summed E-state index contributed by atoms with van der Waals surface area (Å²) in [7, 11) is 0. The van der Waals surface area contributed by atoms with Crippen LogP contribution in [0.3, 0.4) is 0 Å². The molecule has 0 bridgehead atoms. The van der Waals surface area contributed by atoms with Gasteiger partial charge in [0.15, 0.2) is 0 Å². The van der Waals surface area contributed by atoms with Crippen LogP contribution in [0, 0.1) is 0 Å². The Hall–Kier alpha value is -3.26. The number of hydrogen-bond donors (Lipinski definition) is 2. The highest BCUT2D eigenvalue weighted by Gasteiger charge is 2.13. The van der Waals surface area contributed by atoms with Crippen LogP contribution in [0.1, 0.15) is 36.5 Å². The minimum atomic E-state index is 0.168. The summed E-state index contributed by atoms with van der Waals surface area (Å²) < 4.78 is 11.6. The first-order valence-electron chi connectivity index (χ1n) is 10.0. The Morgan fingerprint density at radius 2 is 1.97 bits per heavy atom. The van der Waals surface area contributed by atoms with Crippen molar-refractivity contribution in [2.24, 2.45) is 0 Å². The highest BCUT2D eigenvalue weighted by atomic mass is 16.5. The molecule has 158 valence electrons. The number of carbonyl (C=O) groups is 1. The molecular formula is C22H26N4O4. The van der Waals surface area contributed by atoms with Crippen LogP contribution in [-0.4, -0.2) is 45.2 Å². The Morgan fingerprint density at radius 3 is 2.67 bits per heavy atom. The van der Waals surface area contributed by atoms with Crippen LogP contribution in [0.5, 0.6) is 11.5 Å². The minimum absolute atomic E-state index is 0.168. The smallest absolute Gasteiger partial charge is 0.204 e. The first kappa shape index (κ1) is 21.4. The second kappa shape index (κ2) is 11.1. The van der Waals surface area contributed by atoms with Crippen LogP contribution in [0.15, 0.2) is 36.4 Å². The number of nitrogens with one attached hydrogen (secondary N) is 1. The summed E-state index contributed by atoms with van der Waals surface area (Å²) >= 11 is 0. The molecule has 0 unspecified atom stereocenters. The van der Waals surface area contributed by atoms with Gasteiger partial charge in [0, 0.05) is 29.5 Å². The summed E-state index contributed by atoms with van der Waals surface area (Å²) in [4.78, 5) is 10.8. The number of aromatic amines is 1. The number of H-pyrrole nitrogens is 1. The molecule has 2 aromatic carbocycles. The van der Waals surface area contributed by atoms with E-state index in [-0.39, 0.29) is 12.2 Å². The van der Waals surface area contributed by atoms with Crippen LogP contribution in [0.2, 0.25) is 0 Å². The van der Waals surface area contributed by atoms with Crippen LogP contribution in [0.25, 0.3) is 11.4 Å². The number of aromatic hydroxyl groups is 1. The predicted molar refractivity (Wildman–Crippen MR) is 111 cm³/mol. The van der Waals surface area contributed by atoms with Crippen molar-refractivity contribution in [1.29, 1.82) is 0 Å². The van der Waals surface area contributed by atoms with E-state index in [2.05, 4.69) is 20.6 Å². The average Bonchev–Trinajstić information content (AvgIpc) is 3.30. The van der Waals surface area contributed by atoms with Gasteiger partial charge in [0.1, 0.15) is 17.8 Å². The number of rotatable bonds is 12. The van der Waals surface area contributed by atoms with Crippen molar-refractivity contribution in [3.05, 3.63) is 53.1 Å². The quantitative estimate of drug-likeness (QED) is 0.348. The van der Waals surface area contributed by atoms with Crippen LogP contribution >= 0.6 is 0 Å². The zero-order chi connectivity index (χ0) is 21.2. The molecule has 1 heterocycles. The molecule has 0 aliphatic heterocycles. The van der Waals surface area contributed by atoms with E-state index < -0.39 is 0 Å². The standard InChI is InChI=1S/C22H26N4O4/c1-2-4-19-20(10-9-17(11-12-27)21(19)28)30-14-3-13-29-15-16-5-7-18(8-6-16)22-23-25-26-24-22/h5-10,12,28H,2-4,11,13-15H2,1H3,(H,23,24,25,26). The van der Waals surface area contributed by atoms with Gasteiger partial charge in [-0.3, -0.25) is 0 Å². The Kier molecular flexibility index (Phi) is 7.91. The maximum atomic E-state index is 10.8. The summed E-state index contributed by atoms with van der Waals surface area (Å²) in [5.41, 5.74) is 3.35. The second-order valence-electron chi connectivity index (χ2n) is 6.86. The summed E-state index contributed by atoms with van der Waals surface area (Å²) in [6.07, 6.45) is 3.30. The number of carbonyl (C=O) groups excluding carboxylic acids is 1. The van der Waals surface area contributed by atoms with E-state index in [0.717, 1.165) is 35.8 Å². The van der Waals surface area contributed by atoms with Crippen LogP contribution in [-0.2, 0) is 29.0 Å². The van der Waals surface area contributed by atoms with Gasteiger partial charge in [-0.1, -0.05) is 43.7 Å². The summed E-state index contributed by atoms with van der Waals surface area (Å²) in [6, 6.07) is 11.4. The molecule has 3 aromatic rings. The van der Waals surface area contributed by atoms with Crippen molar-refractivity contribution in [2.45, 2.75) is 39.2 Å². The molecular weight excluding hydrogens is 384 g/mol. The zero-order valence-electron chi connectivity index (χ0n) is 17.0. The fourth-order valence-corrected chi connectivity index (χ4v) is 3.11. The van der Waals surface area contributed by atoms with Crippen molar-refractivity contribution in [3.8, 4) is 22.9 Å². The topological polar surface area (TPSA) is 110 Å². The van der Waals surface area contributed by atoms with Gasteiger partial charge in [0.05, 0.1) is 19.8 Å². The van der Waals surface area contributed by atoms with E-state index in [0.29, 0.717) is 43.4 Å². The minimum Gasteiger partial charge on any atom is -0.507 e. The third kappa shape index (κ3) is 5.64. The first-order chi connectivity index (χ1) is 14.7. The first-order valence-corrected chi connectivity index (χ1v) is 10.0. The fourth-order valence-electron chi connectivity index (χ4n) is 3.11. The molecule has 8 nitrogen and oxygen atoms in total. The normalized spacial score (nSPS) is 10.8. The molecule has 0 spiro atoms. The van der Waals surface area contributed by atoms with Gasteiger partial charge < -0.3 is 19.4 Å². The average molecular weight is 410 g/mol. The van der Waals surface area contributed by atoms with Gasteiger partial charge in [0.2, 0.25) is 5.82 Å². The molecule has 0 aliphatic carbocycles. The number of hydrogen-bond acceptors (Lipinski definition) is 7. The highest BCUT2D eigenvalue weighted by Crippen LogP contribution is 2.32. The van der Waals surface area contributed by atoms with Gasteiger partial charge in [-0.05, 0) is 23.3 Å². The summed E-state index contributed by atoms with van der Waals surface area (Å²) in [5, 5.41) is 24.3. The maximum Gasteiger partial charge on any atom is 0.204 e. The van der Waals surface area contributed by atoms with Crippen LogP contribution < -0.4 is 4.74 Å². The Labute approximate surface area is 175 Å². The fraction of sp³-hybridized carbons (Fsp3) is 0.364. The van der Waals surface area contributed by atoms with Crippen molar-refractivity contribution in [1.82, 2.24) is 20.6 Å². The van der Waals surface area contributed by atoms with Crippen molar-refractivity contribution in [3.63, 3.8) is 0 Å². The van der Waals surface area contributed by atoms with Gasteiger partial charge in [0.25, 0.3) is 0 Å². The van der Waals surface area contributed by atoms with Crippen molar-refractivity contribution in [2.75, 3.05) is 13.2 Å². The molecule has 0 aliphatic rings. The van der Waals surface area contributed by atoms with E-state index in [1.807, 2.05) is 37.3 Å². The van der Waals surface area contributed by atoms with E-state index in [4.69, 9.17) is 9.47 Å². The molecule has 0 radical (unpaired) electrons. The Balaban J connectivity index is 1.43. The third-order valence-electron chi connectivity index (χ3n) is 4.64. The largest absolute Gasteiger partial charge is 0.507 e. The van der Waals surface area contributed by atoms with E-state index in [1.165, 1.54) is 0 Å². The lowest BCUT2D eigenvalue weighted by Gasteiger charge is -2.15. The molecule has 0 amide bonds. The molecule has 0 atom stereocenters. The van der Waals surface area contributed by atoms with Crippen molar-refractivity contribution >= 4 is 6.29 Å². The maximum absolute atomic E-state index is 10.8. The molecule has 30 heavy (non-hydrogen) atoms. The monoisotopic (exact) mass is 410 g/mol. The van der Waals surface area contributed by atoms with Crippen LogP contribution in [0.4, 0.5) is 0 Å². The number of aldehydes is 1. The number of tetrazole rings is 1. The lowest BCUT2D eigenvalue weighted by atomic mass is 10.0. The Bertz CT molecular complexity index is 927. The number of ether oxygens (including phenoxy) is 2. The van der Waals surface area contributed by atoms with Crippen molar-refractivity contribution < 1.29 is 19.4 Å². The molecule has 0 fully saturated rings. The number of nitrogens with zero attached hydrogens (tertiary/aromatic N) is 3. The number of benzene rings is 2. The molecule has 2 N–H and O–H groups in total. The van der Waals surface area contributed by atoms with Gasteiger partial charge in [-0.2, -0.15) is 5.21 Å². The SMILES string of the molecule is CCCc1c(OCCCOCc2ccc(-c3nn[nH]n3)cc2)ccc(CC=O)c1O. The summed E-state index contributed by atoms with van der Waals surface area (Å²) in [6.45, 7) is 3.60. The summed E-state index contributed by atoms with van der Waals surface area (Å²) in [5.74, 6) is 1.40. The van der Waals surface area contributed by atoms with E-state index >= 15 is 0 Å². The predicted octanol–water partition coefficient (Wildman–Crippen LogP) is 3.25. The third-order valence-corrected chi connectivity index (χ3v) is 4.64. The van der Waals surface area contributed by atoms with E-state index in [9.17, 15) is 9.90 Å². The van der Waals surface area contributed by atoms with Gasteiger partial charge in [-0.15, -0.1) is 10.2 Å². The lowest BCUT2D eigenvalue weighted by Crippen LogP contribution is -2.05. The van der Waals surface area contributed by atoms with Gasteiger partial charge in [-0.25, -0.2) is 0 Å². The molecule has 3 rings (SSSR count). The van der Waals surface area contributed by atoms with E-state index in [1.54, 1.807) is 6.07 Å². The molecule has 1 aromatic heterocycles. The molecule has 0 saturated heterocycles. The Morgan fingerprint density at radius 1 is 1.13 bits per heavy atom. The lowest BCUT2D eigenvalue weighted by molar-refractivity contribution is -0.107.